The Morgan fingerprint density at radius 3 is 2.95 bits per heavy atom. The standard InChI is InChI=1S/C14H9BrClN3O/c15-10-3-4-11(16)13(6-10)18-14(20)8-1-2-9-7-17-19-12(9)5-8/h1-7H,(H,17,19)(H,18,20). The Morgan fingerprint density at radius 1 is 1.25 bits per heavy atom. The predicted molar refractivity (Wildman–Crippen MR) is 83.2 cm³/mol. The molecular weight excluding hydrogens is 342 g/mol. The fourth-order valence-corrected chi connectivity index (χ4v) is 2.39. The molecule has 1 heterocycles. The van der Waals surface area contributed by atoms with Crippen molar-refractivity contribution in [1.29, 1.82) is 0 Å². The lowest BCUT2D eigenvalue weighted by molar-refractivity contribution is 0.102. The number of hydrogen-bond acceptors (Lipinski definition) is 2. The van der Waals surface area contributed by atoms with Gasteiger partial charge in [0.25, 0.3) is 5.91 Å². The van der Waals surface area contributed by atoms with Crippen LogP contribution in [0.2, 0.25) is 5.02 Å². The molecule has 0 bridgehead atoms. The van der Waals surface area contributed by atoms with E-state index in [4.69, 9.17) is 11.6 Å². The monoisotopic (exact) mass is 349 g/mol. The molecule has 0 saturated heterocycles. The minimum Gasteiger partial charge on any atom is -0.321 e. The first-order chi connectivity index (χ1) is 9.63. The van der Waals surface area contributed by atoms with Gasteiger partial charge in [0, 0.05) is 15.4 Å². The summed E-state index contributed by atoms with van der Waals surface area (Å²) in [4.78, 5) is 12.2. The highest BCUT2D eigenvalue weighted by molar-refractivity contribution is 9.10. The average Bonchev–Trinajstić information content (AvgIpc) is 2.90. The van der Waals surface area contributed by atoms with Crippen molar-refractivity contribution in [1.82, 2.24) is 10.2 Å². The second-order valence-corrected chi connectivity index (χ2v) is 5.57. The van der Waals surface area contributed by atoms with Gasteiger partial charge in [-0.1, -0.05) is 33.6 Å². The molecule has 0 spiro atoms. The molecule has 6 heteroatoms. The number of H-pyrrole nitrogens is 1. The van der Waals surface area contributed by atoms with Gasteiger partial charge in [-0.15, -0.1) is 0 Å². The summed E-state index contributed by atoms with van der Waals surface area (Å²) < 4.78 is 0.848. The minimum atomic E-state index is -0.221. The van der Waals surface area contributed by atoms with E-state index in [0.29, 0.717) is 16.3 Å². The van der Waals surface area contributed by atoms with Gasteiger partial charge in [0.15, 0.2) is 0 Å². The van der Waals surface area contributed by atoms with E-state index in [1.54, 1.807) is 30.5 Å². The molecule has 0 aliphatic carbocycles. The van der Waals surface area contributed by atoms with E-state index in [9.17, 15) is 4.79 Å². The van der Waals surface area contributed by atoms with Crippen molar-refractivity contribution in [2.75, 3.05) is 5.32 Å². The quantitative estimate of drug-likeness (QED) is 0.726. The van der Waals surface area contributed by atoms with Crippen molar-refractivity contribution in [2.24, 2.45) is 0 Å². The summed E-state index contributed by atoms with van der Waals surface area (Å²) in [5.41, 5.74) is 1.92. The molecule has 2 aromatic carbocycles. The van der Waals surface area contributed by atoms with Gasteiger partial charge in [-0.3, -0.25) is 9.89 Å². The minimum absolute atomic E-state index is 0.221. The third kappa shape index (κ3) is 2.55. The third-order valence-electron chi connectivity index (χ3n) is 2.88. The van der Waals surface area contributed by atoms with Crippen molar-refractivity contribution in [3.05, 3.63) is 57.7 Å². The van der Waals surface area contributed by atoms with Crippen LogP contribution in [-0.2, 0) is 0 Å². The zero-order valence-corrected chi connectivity index (χ0v) is 12.5. The highest BCUT2D eigenvalue weighted by atomic mass is 79.9. The first-order valence-electron chi connectivity index (χ1n) is 5.83. The van der Waals surface area contributed by atoms with E-state index in [1.165, 1.54) is 0 Å². The molecule has 0 radical (unpaired) electrons. The van der Waals surface area contributed by atoms with Gasteiger partial charge < -0.3 is 5.32 Å². The molecule has 0 aliphatic heterocycles. The fraction of sp³-hybridized carbons (Fsp3) is 0. The summed E-state index contributed by atoms with van der Waals surface area (Å²) in [5.74, 6) is -0.221. The number of carbonyl (C=O) groups is 1. The molecule has 0 aliphatic rings. The molecule has 4 nitrogen and oxygen atoms in total. The van der Waals surface area contributed by atoms with Crippen molar-refractivity contribution >= 4 is 50.0 Å². The Hall–Kier alpha value is -1.85. The molecule has 2 N–H and O–H groups in total. The van der Waals surface area contributed by atoms with Gasteiger partial charge in [-0.05, 0) is 30.3 Å². The van der Waals surface area contributed by atoms with Crippen molar-refractivity contribution in [3.63, 3.8) is 0 Å². The van der Waals surface area contributed by atoms with Crippen molar-refractivity contribution in [3.8, 4) is 0 Å². The van der Waals surface area contributed by atoms with E-state index < -0.39 is 0 Å². The fourth-order valence-electron chi connectivity index (χ4n) is 1.87. The Morgan fingerprint density at radius 2 is 2.10 bits per heavy atom. The topological polar surface area (TPSA) is 57.8 Å². The lowest BCUT2D eigenvalue weighted by Crippen LogP contribution is -2.12. The summed E-state index contributed by atoms with van der Waals surface area (Å²) in [6.45, 7) is 0. The van der Waals surface area contributed by atoms with E-state index in [2.05, 4.69) is 31.4 Å². The van der Waals surface area contributed by atoms with E-state index in [0.717, 1.165) is 15.4 Å². The Bertz CT molecular complexity index is 800. The summed E-state index contributed by atoms with van der Waals surface area (Å²) >= 11 is 9.40. The van der Waals surface area contributed by atoms with E-state index in [1.807, 2.05) is 12.1 Å². The lowest BCUT2D eigenvalue weighted by Gasteiger charge is -2.07. The molecule has 20 heavy (non-hydrogen) atoms. The molecule has 1 amide bonds. The van der Waals surface area contributed by atoms with Gasteiger partial charge in [0.1, 0.15) is 0 Å². The van der Waals surface area contributed by atoms with Crippen LogP contribution in [0.3, 0.4) is 0 Å². The largest absolute Gasteiger partial charge is 0.321 e. The van der Waals surface area contributed by atoms with Gasteiger partial charge in [-0.2, -0.15) is 5.10 Å². The number of aromatic nitrogens is 2. The Kier molecular flexibility index (Phi) is 3.46. The average molecular weight is 351 g/mol. The van der Waals surface area contributed by atoms with Crippen LogP contribution in [0.25, 0.3) is 10.9 Å². The maximum Gasteiger partial charge on any atom is 0.255 e. The second-order valence-electron chi connectivity index (χ2n) is 4.25. The molecule has 1 aromatic heterocycles. The predicted octanol–water partition coefficient (Wildman–Crippen LogP) is 4.23. The Balaban J connectivity index is 1.90. The van der Waals surface area contributed by atoms with Crippen molar-refractivity contribution in [2.45, 2.75) is 0 Å². The van der Waals surface area contributed by atoms with Crippen LogP contribution >= 0.6 is 27.5 Å². The molecule has 0 atom stereocenters. The van der Waals surface area contributed by atoms with Crippen LogP contribution in [0.4, 0.5) is 5.69 Å². The molecule has 0 unspecified atom stereocenters. The second kappa shape index (κ2) is 5.26. The number of aromatic amines is 1. The third-order valence-corrected chi connectivity index (χ3v) is 3.70. The molecule has 3 rings (SSSR count). The summed E-state index contributed by atoms with van der Waals surface area (Å²) in [5, 5.41) is 11.0. The van der Waals surface area contributed by atoms with Gasteiger partial charge >= 0.3 is 0 Å². The highest BCUT2D eigenvalue weighted by Crippen LogP contribution is 2.26. The van der Waals surface area contributed by atoms with Crippen LogP contribution in [0, 0.1) is 0 Å². The molecule has 100 valence electrons. The number of nitrogens with one attached hydrogen (secondary N) is 2. The normalized spacial score (nSPS) is 10.7. The smallest absolute Gasteiger partial charge is 0.255 e. The number of fused-ring (bicyclic) bond motifs is 1. The maximum absolute atomic E-state index is 12.2. The summed E-state index contributed by atoms with van der Waals surface area (Å²) in [6, 6.07) is 10.6. The van der Waals surface area contributed by atoms with Crippen LogP contribution in [0.5, 0.6) is 0 Å². The van der Waals surface area contributed by atoms with E-state index >= 15 is 0 Å². The van der Waals surface area contributed by atoms with Gasteiger partial charge in [0.05, 0.1) is 22.4 Å². The van der Waals surface area contributed by atoms with Crippen LogP contribution < -0.4 is 5.32 Å². The SMILES string of the molecule is O=C(Nc1cc(Br)ccc1Cl)c1ccc2cn[nH]c2c1. The Labute approximate surface area is 128 Å². The number of rotatable bonds is 2. The van der Waals surface area contributed by atoms with Gasteiger partial charge in [0.2, 0.25) is 0 Å². The first kappa shape index (κ1) is 13.1. The number of benzene rings is 2. The first-order valence-corrected chi connectivity index (χ1v) is 7.00. The zero-order valence-electron chi connectivity index (χ0n) is 10.2. The number of hydrogen-bond donors (Lipinski definition) is 2. The molecule has 0 saturated carbocycles. The summed E-state index contributed by atoms with van der Waals surface area (Å²) in [7, 11) is 0. The number of halogens is 2. The molecular formula is C14H9BrClN3O. The highest BCUT2D eigenvalue weighted by Gasteiger charge is 2.10. The van der Waals surface area contributed by atoms with Crippen LogP contribution in [0.15, 0.2) is 47.1 Å². The zero-order chi connectivity index (χ0) is 14.1. The number of amides is 1. The van der Waals surface area contributed by atoms with Gasteiger partial charge in [-0.25, -0.2) is 0 Å². The molecule has 3 aromatic rings. The number of anilines is 1. The molecule has 0 fully saturated rings. The summed E-state index contributed by atoms with van der Waals surface area (Å²) in [6.07, 6.45) is 1.71. The number of nitrogens with zero attached hydrogens (tertiary/aromatic N) is 1. The maximum atomic E-state index is 12.2. The van der Waals surface area contributed by atoms with Crippen molar-refractivity contribution < 1.29 is 4.79 Å². The van der Waals surface area contributed by atoms with Crippen LogP contribution in [0.1, 0.15) is 10.4 Å². The number of carbonyl (C=O) groups excluding carboxylic acids is 1. The lowest BCUT2D eigenvalue weighted by atomic mass is 10.1. The van der Waals surface area contributed by atoms with E-state index in [-0.39, 0.29) is 5.91 Å². The van der Waals surface area contributed by atoms with Crippen LogP contribution in [-0.4, -0.2) is 16.1 Å².